The number of carboxylic acids is 1. The summed E-state index contributed by atoms with van der Waals surface area (Å²) in [7, 11) is 1.77. The fourth-order valence-corrected chi connectivity index (χ4v) is 1.73. The minimum absolute atomic E-state index is 0.00177. The lowest BCUT2D eigenvalue weighted by molar-refractivity contribution is -0.138. The topological polar surface area (TPSA) is 69.2 Å². The van der Waals surface area contributed by atoms with E-state index in [-0.39, 0.29) is 12.6 Å². The molecule has 0 amide bonds. The molecule has 1 aromatic heterocycles. The van der Waals surface area contributed by atoms with Crippen LogP contribution in [0.5, 0.6) is 0 Å². The number of hydrogen-bond acceptors (Lipinski definition) is 3. The van der Waals surface area contributed by atoms with E-state index in [2.05, 4.69) is 9.97 Å². The van der Waals surface area contributed by atoms with Crippen LogP contribution in [0.3, 0.4) is 0 Å². The molecular formula is C12H15N3O2. The average Bonchev–Trinajstić information content (AvgIpc) is 2.70. The maximum Gasteiger partial charge on any atom is 0.317 e. The first-order valence-electron chi connectivity index (χ1n) is 5.44. The molecule has 5 heteroatoms. The highest BCUT2D eigenvalue weighted by atomic mass is 16.4. The third kappa shape index (κ3) is 2.45. The van der Waals surface area contributed by atoms with E-state index in [1.807, 2.05) is 31.2 Å². The van der Waals surface area contributed by atoms with Crippen LogP contribution < -0.4 is 0 Å². The first-order valence-corrected chi connectivity index (χ1v) is 5.44. The second-order valence-electron chi connectivity index (χ2n) is 4.12. The SMILES string of the molecule is CC(c1nc2ccccc2[nH]1)N(C)CC(=O)O. The van der Waals surface area contributed by atoms with Gasteiger partial charge in [0.05, 0.1) is 23.6 Å². The molecule has 0 saturated carbocycles. The molecule has 90 valence electrons. The van der Waals surface area contributed by atoms with Crippen molar-refractivity contribution in [2.75, 3.05) is 13.6 Å². The number of para-hydroxylation sites is 2. The molecule has 17 heavy (non-hydrogen) atoms. The number of carboxylic acid groups (broad SMARTS) is 1. The lowest BCUT2D eigenvalue weighted by Crippen LogP contribution is -2.29. The van der Waals surface area contributed by atoms with Crippen molar-refractivity contribution in [1.29, 1.82) is 0 Å². The number of fused-ring (bicyclic) bond motifs is 1. The molecule has 0 saturated heterocycles. The zero-order valence-corrected chi connectivity index (χ0v) is 9.84. The third-order valence-corrected chi connectivity index (χ3v) is 2.85. The summed E-state index contributed by atoms with van der Waals surface area (Å²) < 4.78 is 0. The molecule has 0 aliphatic heterocycles. The Morgan fingerprint density at radius 3 is 2.88 bits per heavy atom. The molecule has 0 bridgehead atoms. The first kappa shape index (κ1) is 11.6. The largest absolute Gasteiger partial charge is 0.480 e. The van der Waals surface area contributed by atoms with E-state index in [0.29, 0.717) is 0 Å². The lowest BCUT2D eigenvalue weighted by Gasteiger charge is -2.20. The van der Waals surface area contributed by atoms with E-state index in [4.69, 9.17) is 5.11 Å². The number of nitrogens with one attached hydrogen (secondary N) is 1. The van der Waals surface area contributed by atoms with Crippen LogP contribution in [0.15, 0.2) is 24.3 Å². The Balaban J connectivity index is 2.24. The Kier molecular flexibility index (Phi) is 3.10. The van der Waals surface area contributed by atoms with Crippen molar-refractivity contribution in [3.8, 4) is 0 Å². The molecule has 1 aromatic carbocycles. The number of benzene rings is 1. The van der Waals surface area contributed by atoms with Crippen LogP contribution in [-0.2, 0) is 4.79 Å². The van der Waals surface area contributed by atoms with E-state index in [1.165, 1.54) is 0 Å². The van der Waals surface area contributed by atoms with Gasteiger partial charge in [0, 0.05) is 0 Å². The van der Waals surface area contributed by atoms with Gasteiger partial charge >= 0.3 is 5.97 Å². The predicted octanol–water partition coefficient (Wildman–Crippen LogP) is 1.64. The van der Waals surface area contributed by atoms with Crippen LogP contribution in [0.25, 0.3) is 11.0 Å². The first-order chi connectivity index (χ1) is 8.08. The lowest BCUT2D eigenvalue weighted by atomic mass is 10.3. The molecule has 5 nitrogen and oxygen atoms in total. The molecule has 2 aromatic rings. The number of carbonyl (C=O) groups is 1. The maximum atomic E-state index is 10.6. The fourth-order valence-electron chi connectivity index (χ4n) is 1.73. The van der Waals surface area contributed by atoms with Crippen molar-refractivity contribution in [2.45, 2.75) is 13.0 Å². The number of imidazole rings is 1. The number of hydrogen-bond donors (Lipinski definition) is 2. The highest BCUT2D eigenvalue weighted by molar-refractivity contribution is 5.74. The van der Waals surface area contributed by atoms with Gasteiger partial charge in [0.15, 0.2) is 0 Å². The number of H-pyrrole nitrogens is 1. The van der Waals surface area contributed by atoms with Crippen molar-refractivity contribution in [2.24, 2.45) is 0 Å². The van der Waals surface area contributed by atoms with Gasteiger partial charge in [0.1, 0.15) is 5.82 Å². The zero-order chi connectivity index (χ0) is 12.4. The summed E-state index contributed by atoms with van der Waals surface area (Å²) in [6, 6.07) is 7.70. The molecule has 2 rings (SSSR count). The fraction of sp³-hybridized carbons (Fsp3) is 0.333. The summed E-state index contributed by atoms with van der Waals surface area (Å²) in [5, 5.41) is 8.75. The highest BCUT2D eigenvalue weighted by Crippen LogP contribution is 2.19. The molecule has 0 fully saturated rings. The summed E-state index contributed by atoms with van der Waals surface area (Å²) in [6.45, 7) is 1.93. The van der Waals surface area contributed by atoms with Gasteiger partial charge in [-0.05, 0) is 26.1 Å². The Bertz CT molecular complexity index is 502. The van der Waals surface area contributed by atoms with Crippen LogP contribution in [0.2, 0.25) is 0 Å². The normalized spacial score (nSPS) is 13.1. The molecule has 0 aliphatic carbocycles. The van der Waals surface area contributed by atoms with Gasteiger partial charge in [-0.3, -0.25) is 9.69 Å². The van der Waals surface area contributed by atoms with Crippen molar-refractivity contribution in [3.63, 3.8) is 0 Å². The second-order valence-corrected chi connectivity index (χ2v) is 4.12. The summed E-state index contributed by atoms with van der Waals surface area (Å²) >= 11 is 0. The molecule has 1 atom stereocenters. The Labute approximate surface area is 99.1 Å². The molecule has 2 N–H and O–H groups in total. The number of aliphatic carboxylic acids is 1. The van der Waals surface area contributed by atoms with Gasteiger partial charge < -0.3 is 10.1 Å². The van der Waals surface area contributed by atoms with E-state index in [0.717, 1.165) is 16.9 Å². The molecule has 1 unspecified atom stereocenters. The Morgan fingerprint density at radius 2 is 2.24 bits per heavy atom. The average molecular weight is 233 g/mol. The second kappa shape index (κ2) is 4.55. The monoisotopic (exact) mass is 233 g/mol. The van der Waals surface area contributed by atoms with Crippen molar-refractivity contribution < 1.29 is 9.90 Å². The zero-order valence-electron chi connectivity index (χ0n) is 9.84. The van der Waals surface area contributed by atoms with Crippen molar-refractivity contribution in [1.82, 2.24) is 14.9 Å². The van der Waals surface area contributed by atoms with Crippen molar-refractivity contribution >= 4 is 17.0 Å². The summed E-state index contributed by atoms with van der Waals surface area (Å²) in [5.74, 6) is -0.0505. The van der Waals surface area contributed by atoms with Gasteiger partial charge in [-0.1, -0.05) is 12.1 Å². The van der Waals surface area contributed by atoms with E-state index < -0.39 is 5.97 Å². The van der Waals surface area contributed by atoms with Gasteiger partial charge in [0.2, 0.25) is 0 Å². The highest BCUT2D eigenvalue weighted by Gasteiger charge is 2.17. The Morgan fingerprint density at radius 1 is 1.53 bits per heavy atom. The van der Waals surface area contributed by atoms with E-state index in [1.54, 1.807) is 11.9 Å². The van der Waals surface area contributed by atoms with Gasteiger partial charge in [-0.25, -0.2) is 4.98 Å². The van der Waals surface area contributed by atoms with Crippen molar-refractivity contribution in [3.05, 3.63) is 30.1 Å². The number of aromatic nitrogens is 2. The van der Waals surface area contributed by atoms with E-state index >= 15 is 0 Å². The maximum absolute atomic E-state index is 10.6. The van der Waals surface area contributed by atoms with Crippen LogP contribution in [-0.4, -0.2) is 39.5 Å². The van der Waals surface area contributed by atoms with Crippen LogP contribution in [0.4, 0.5) is 0 Å². The minimum Gasteiger partial charge on any atom is -0.480 e. The summed E-state index contributed by atoms with van der Waals surface area (Å²) in [6.07, 6.45) is 0. The predicted molar refractivity (Wildman–Crippen MR) is 64.8 cm³/mol. The van der Waals surface area contributed by atoms with Crippen LogP contribution >= 0.6 is 0 Å². The van der Waals surface area contributed by atoms with Gasteiger partial charge in [-0.15, -0.1) is 0 Å². The molecule has 0 radical (unpaired) electrons. The number of likely N-dealkylation sites (N-methyl/N-ethyl adjacent to an activating group) is 1. The number of rotatable bonds is 4. The smallest absolute Gasteiger partial charge is 0.317 e. The summed E-state index contributed by atoms with van der Waals surface area (Å²) in [4.78, 5) is 20.0. The third-order valence-electron chi connectivity index (χ3n) is 2.85. The molecule has 0 spiro atoms. The minimum atomic E-state index is -0.838. The molecular weight excluding hydrogens is 218 g/mol. The standard InChI is InChI=1S/C12H15N3O2/c1-8(15(2)7-11(16)17)12-13-9-5-3-4-6-10(9)14-12/h3-6,8H,7H2,1-2H3,(H,13,14)(H,16,17). The van der Waals surface area contributed by atoms with Crippen LogP contribution in [0, 0.1) is 0 Å². The van der Waals surface area contributed by atoms with E-state index in [9.17, 15) is 4.79 Å². The summed E-state index contributed by atoms with van der Waals surface area (Å²) in [5.41, 5.74) is 1.87. The Hall–Kier alpha value is -1.88. The van der Waals surface area contributed by atoms with Crippen LogP contribution in [0.1, 0.15) is 18.8 Å². The number of nitrogens with zero attached hydrogens (tertiary/aromatic N) is 2. The van der Waals surface area contributed by atoms with Gasteiger partial charge in [-0.2, -0.15) is 0 Å². The quantitative estimate of drug-likeness (QED) is 0.842. The molecule has 0 aliphatic rings. The van der Waals surface area contributed by atoms with Gasteiger partial charge in [0.25, 0.3) is 0 Å². The number of aromatic amines is 1. The molecule has 1 heterocycles.